The third-order valence-corrected chi connectivity index (χ3v) is 5.88. The van der Waals surface area contributed by atoms with Crippen LogP contribution in [0.3, 0.4) is 0 Å². The number of nitrogens with one attached hydrogen (secondary N) is 1. The smallest absolute Gasteiger partial charge is 0.271 e. The van der Waals surface area contributed by atoms with E-state index in [1.54, 1.807) is 24.3 Å². The molecule has 6 heteroatoms. The molecule has 0 fully saturated rings. The molecule has 0 unspecified atom stereocenters. The van der Waals surface area contributed by atoms with E-state index in [1.807, 2.05) is 19.9 Å². The molecule has 0 amide bonds. The Morgan fingerprint density at radius 3 is 2.58 bits per heavy atom. The first kappa shape index (κ1) is 13.9. The van der Waals surface area contributed by atoms with Crippen molar-refractivity contribution in [3.8, 4) is 0 Å². The molecule has 2 aromatic rings. The minimum atomic E-state index is -3.52. The molecule has 0 saturated carbocycles. The van der Waals surface area contributed by atoms with E-state index < -0.39 is 10.0 Å². The van der Waals surface area contributed by atoms with E-state index in [0.29, 0.717) is 15.6 Å². The number of nitrogens with two attached hydrogens (primary N) is 1. The van der Waals surface area contributed by atoms with E-state index in [9.17, 15) is 8.42 Å². The summed E-state index contributed by atoms with van der Waals surface area (Å²) in [7, 11) is -3.52. The molecule has 19 heavy (non-hydrogen) atoms. The van der Waals surface area contributed by atoms with Gasteiger partial charge in [0, 0.05) is 10.6 Å². The molecule has 0 atom stereocenters. The average Bonchev–Trinajstić information content (AvgIpc) is 2.83. The molecule has 1 aromatic carbocycles. The molecule has 3 N–H and O–H groups in total. The number of anilines is 2. The number of benzene rings is 1. The second kappa shape index (κ2) is 5.22. The summed E-state index contributed by atoms with van der Waals surface area (Å²) >= 11 is 1.28. The van der Waals surface area contributed by atoms with Crippen LogP contribution >= 0.6 is 11.3 Å². The van der Waals surface area contributed by atoms with Gasteiger partial charge in [-0.05, 0) is 43.2 Å². The first-order chi connectivity index (χ1) is 8.92. The minimum Gasteiger partial charge on any atom is -0.398 e. The van der Waals surface area contributed by atoms with Gasteiger partial charge in [-0.2, -0.15) is 0 Å². The molecule has 0 aliphatic heterocycles. The number of hydrogen-bond acceptors (Lipinski definition) is 4. The van der Waals surface area contributed by atoms with Gasteiger partial charge in [0.05, 0.1) is 5.69 Å². The summed E-state index contributed by atoms with van der Waals surface area (Å²) in [5.74, 6) is 0. The van der Waals surface area contributed by atoms with Gasteiger partial charge in [0.1, 0.15) is 4.21 Å². The van der Waals surface area contributed by atoms with E-state index >= 15 is 0 Å². The fourth-order valence-corrected chi connectivity index (χ4v) is 3.95. The van der Waals surface area contributed by atoms with E-state index in [1.165, 1.54) is 11.3 Å². The standard InChI is InChI=1S/C13H16N2O2S2/c1-3-11-6-7-13(18-11)19(16,17)15-10-5-4-9(2)12(14)8-10/h4-8,15H,3,14H2,1-2H3. The largest absolute Gasteiger partial charge is 0.398 e. The number of thiophene rings is 1. The van der Waals surface area contributed by atoms with Gasteiger partial charge in [-0.25, -0.2) is 8.42 Å². The van der Waals surface area contributed by atoms with Crippen LogP contribution < -0.4 is 10.5 Å². The predicted octanol–water partition coefficient (Wildman–Crippen LogP) is 3.00. The lowest BCUT2D eigenvalue weighted by Crippen LogP contribution is -2.11. The fraction of sp³-hybridized carbons (Fsp3) is 0.231. The second-order valence-corrected chi connectivity index (χ2v) is 7.33. The molecule has 2 rings (SSSR count). The zero-order valence-electron chi connectivity index (χ0n) is 10.8. The van der Waals surface area contributed by atoms with Crippen molar-refractivity contribution in [1.82, 2.24) is 0 Å². The molecule has 1 heterocycles. The maximum Gasteiger partial charge on any atom is 0.271 e. The van der Waals surface area contributed by atoms with Crippen molar-refractivity contribution in [2.75, 3.05) is 10.5 Å². The van der Waals surface area contributed by atoms with E-state index in [2.05, 4.69) is 4.72 Å². The highest BCUT2D eigenvalue weighted by atomic mass is 32.2. The summed E-state index contributed by atoms with van der Waals surface area (Å²) in [5, 5.41) is 0. The van der Waals surface area contributed by atoms with Crippen molar-refractivity contribution in [3.63, 3.8) is 0 Å². The van der Waals surface area contributed by atoms with Crippen molar-refractivity contribution in [2.24, 2.45) is 0 Å². The van der Waals surface area contributed by atoms with E-state index in [4.69, 9.17) is 5.73 Å². The van der Waals surface area contributed by atoms with Crippen LogP contribution in [-0.4, -0.2) is 8.42 Å². The Kier molecular flexibility index (Phi) is 3.82. The van der Waals surface area contributed by atoms with Crippen molar-refractivity contribution in [2.45, 2.75) is 24.5 Å². The second-order valence-electron chi connectivity index (χ2n) is 4.25. The maximum absolute atomic E-state index is 12.2. The summed E-state index contributed by atoms with van der Waals surface area (Å²) in [6.45, 7) is 3.87. The van der Waals surface area contributed by atoms with E-state index in [0.717, 1.165) is 16.9 Å². The van der Waals surface area contributed by atoms with Crippen LogP contribution in [0, 0.1) is 6.92 Å². The number of hydrogen-bond donors (Lipinski definition) is 2. The van der Waals surface area contributed by atoms with Crippen LogP contribution in [0.2, 0.25) is 0 Å². The van der Waals surface area contributed by atoms with Crippen molar-refractivity contribution in [3.05, 3.63) is 40.8 Å². The van der Waals surface area contributed by atoms with Gasteiger partial charge >= 0.3 is 0 Å². The summed E-state index contributed by atoms with van der Waals surface area (Å²) in [5.41, 5.74) is 7.75. The van der Waals surface area contributed by atoms with Crippen LogP contribution in [0.1, 0.15) is 17.4 Å². The lowest BCUT2D eigenvalue weighted by Gasteiger charge is -2.08. The first-order valence-electron chi connectivity index (χ1n) is 5.90. The number of rotatable bonds is 4. The van der Waals surface area contributed by atoms with Gasteiger partial charge in [0.2, 0.25) is 0 Å². The molecule has 4 nitrogen and oxygen atoms in total. The lowest BCUT2D eigenvalue weighted by molar-refractivity contribution is 0.603. The molecular formula is C13H16N2O2S2. The maximum atomic E-state index is 12.2. The van der Waals surface area contributed by atoms with Crippen LogP contribution in [0.15, 0.2) is 34.5 Å². The Balaban J connectivity index is 2.28. The van der Waals surface area contributed by atoms with Gasteiger partial charge in [-0.15, -0.1) is 11.3 Å². The van der Waals surface area contributed by atoms with E-state index in [-0.39, 0.29) is 0 Å². The summed E-state index contributed by atoms with van der Waals surface area (Å²) in [4.78, 5) is 1.05. The van der Waals surface area contributed by atoms with Gasteiger partial charge in [-0.1, -0.05) is 13.0 Å². The topological polar surface area (TPSA) is 72.2 Å². The quantitative estimate of drug-likeness (QED) is 0.852. The van der Waals surface area contributed by atoms with Crippen LogP contribution in [0.25, 0.3) is 0 Å². The van der Waals surface area contributed by atoms with Gasteiger partial charge in [0.15, 0.2) is 0 Å². The monoisotopic (exact) mass is 296 g/mol. The van der Waals surface area contributed by atoms with Crippen molar-refractivity contribution in [1.29, 1.82) is 0 Å². The normalized spacial score (nSPS) is 11.5. The third-order valence-electron chi connectivity index (χ3n) is 2.78. The predicted molar refractivity (Wildman–Crippen MR) is 80.1 cm³/mol. The number of sulfonamides is 1. The molecule has 0 aliphatic rings. The summed E-state index contributed by atoms with van der Waals surface area (Å²) in [6, 6.07) is 8.59. The minimum absolute atomic E-state index is 0.323. The Morgan fingerprint density at radius 2 is 2.00 bits per heavy atom. The first-order valence-corrected chi connectivity index (χ1v) is 8.20. The Bertz CT molecular complexity index is 690. The number of nitrogen functional groups attached to an aromatic ring is 1. The molecular weight excluding hydrogens is 280 g/mol. The Morgan fingerprint density at radius 1 is 1.26 bits per heavy atom. The molecule has 0 saturated heterocycles. The molecule has 1 aromatic heterocycles. The Hall–Kier alpha value is -1.53. The van der Waals surface area contributed by atoms with Gasteiger partial charge < -0.3 is 5.73 Å². The zero-order valence-corrected chi connectivity index (χ0v) is 12.4. The lowest BCUT2D eigenvalue weighted by atomic mass is 10.2. The highest BCUT2D eigenvalue weighted by Gasteiger charge is 2.16. The number of aryl methyl sites for hydroxylation is 2. The van der Waals surface area contributed by atoms with Crippen molar-refractivity contribution >= 4 is 32.7 Å². The molecule has 0 bridgehead atoms. The summed E-state index contributed by atoms with van der Waals surface area (Å²) < 4.78 is 27.2. The average molecular weight is 296 g/mol. The van der Waals surface area contributed by atoms with Crippen molar-refractivity contribution < 1.29 is 8.42 Å². The van der Waals surface area contributed by atoms with Gasteiger partial charge in [-0.3, -0.25) is 4.72 Å². The molecule has 0 radical (unpaired) electrons. The van der Waals surface area contributed by atoms with Crippen LogP contribution in [0.4, 0.5) is 11.4 Å². The SMILES string of the molecule is CCc1ccc(S(=O)(=O)Nc2ccc(C)c(N)c2)s1. The third kappa shape index (κ3) is 3.08. The van der Waals surface area contributed by atoms with Gasteiger partial charge in [0.25, 0.3) is 10.0 Å². The van der Waals surface area contributed by atoms with Crippen LogP contribution in [0.5, 0.6) is 0 Å². The Labute approximate surface area is 117 Å². The zero-order chi connectivity index (χ0) is 14.0. The highest BCUT2D eigenvalue weighted by Crippen LogP contribution is 2.25. The summed E-state index contributed by atoms with van der Waals surface area (Å²) in [6.07, 6.45) is 0.831. The highest BCUT2D eigenvalue weighted by molar-refractivity contribution is 7.94. The molecule has 0 aliphatic carbocycles. The fourth-order valence-electron chi connectivity index (χ4n) is 1.60. The molecule has 0 spiro atoms. The van der Waals surface area contributed by atoms with Crippen LogP contribution in [-0.2, 0) is 16.4 Å². The molecule has 102 valence electrons.